The summed E-state index contributed by atoms with van der Waals surface area (Å²) >= 11 is 0. The van der Waals surface area contributed by atoms with Crippen LogP contribution in [0.25, 0.3) is 0 Å². The van der Waals surface area contributed by atoms with Gasteiger partial charge in [0.25, 0.3) is 0 Å². The summed E-state index contributed by atoms with van der Waals surface area (Å²) in [6.45, 7) is 2.01. The van der Waals surface area contributed by atoms with Crippen LogP contribution in [-0.4, -0.2) is 25.0 Å². The van der Waals surface area contributed by atoms with Gasteiger partial charge in [-0.1, -0.05) is 36.8 Å². The number of rotatable bonds is 6. The van der Waals surface area contributed by atoms with Gasteiger partial charge in [-0.2, -0.15) is 5.26 Å². The highest BCUT2D eigenvalue weighted by atomic mass is 15.1. The number of hydrogen-bond donors (Lipinski definition) is 1. The van der Waals surface area contributed by atoms with E-state index < -0.39 is 5.54 Å². The van der Waals surface area contributed by atoms with Gasteiger partial charge in [0.05, 0.1) is 6.07 Å². The van der Waals surface area contributed by atoms with Crippen molar-refractivity contribution in [2.24, 2.45) is 11.7 Å². The first-order chi connectivity index (χ1) is 9.14. The second-order valence-electron chi connectivity index (χ2n) is 5.76. The zero-order valence-electron chi connectivity index (χ0n) is 11.7. The van der Waals surface area contributed by atoms with Crippen LogP contribution < -0.4 is 5.73 Å². The van der Waals surface area contributed by atoms with Crippen LogP contribution in [0.3, 0.4) is 0 Å². The zero-order valence-corrected chi connectivity index (χ0v) is 11.7. The molecule has 0 heterocycles. The minimum atomic E-state index is -0.866. The predicted octanol–water partition coefficient (Wildman–Crippen LogP) is 2.49. The molecule has 2 N–H and O–H groups in total. The van der Waals surface area contributed by atoms with Gasteiger partial charge in [-0.3, -0.25) is 0 Å². The molecule has 2 rings (SSSR count). The van der Waals surface area contributed by atoms with E-state index in [2.05, 4.69) is 18.0 Å². The Balaban J connectivity index is 1.90. The van der Waals surface area contributed by atoms with Gasteiger partial charge in [0.2, 0.25) is 0 Å². The van der Waals surface area contributed by atoms with Crippen molar-refractivity contribution in [1.29, 1.82) is 5.26 Å². The van der Waals surface area contributed by atoms with Gasteiger partial charge >= 0.3 is 0 Å². The third-order valence-electron chi connectivity index (χ3n) is 4.17. The SMILES string of the molecule is CN(CCC(N)(C#N)c1ccccc1)CC1CCC1. The van der Waals surface area contributed by atoms with Crippen molar-refractivity contribution in [2.45, 2.75) is 31.2 Å². The van der Waals surface area contributed by atoms with Gasteiger partial charge in [0.15, 0.2) is 0 Å². The molecule has 102 valence electrons. The average Bonchev–Trinajstić information content (AvgIpc) is 2.41. The van der Waals surface area contributed by atoms with Gasteiger partial charge in [0.1, 0.15) is 5.54 Å². The first kappa shape index (κ1) is 14.0. The number of hydrogen-bond acceptors (Lipinski definition) is 3. The van der Waals surface area contributed by atoms with Gasteiger partial charge in [-0.05, 0) is 37.8 Å². The summed E-state index contributed by atoms with van der Waals surface area (Å²) in [6.07, 6.45) is 4.77. The first-order valence-corrected chi connectivity index (χ1v) is 7.08. The predicted molar refractivity (Wildman–Crippen MR) is 77.4 cm³/mol. The van der Waals surface area contributed by atoms with E-state index in [0.29, 0.717) is 6.42 Å². The fraction of sp³-hybridized carbons (Fsp3) is 0.562. The lowest BCUT2D eigenvalue weighted by molar-refractivity contribution is 0.197. The van der Waals surface area contributed by atoms with E-state index in [-0.39, 0.29) is 0 Å². The third-order valence-corrected chi connectivity index (χ3v) is 4.17. The Morgan fingerprint density at radius 3 is 2.58 bits per heavy atom. The van der Waals surface area contributed by atoms with Gasteiger partial charge < -0.3 is 10.6 Å². The van der Waals surface area contributed by atoms with Crippen LogP contribution >= 0.6 is 0 Å². The minimum absolute atomic E-state index is 0.677. The van der Waals surface area contributed by atoms with Crippen LogP contribution in [0.1, 0.15) is 31.2 Å². The highest BCUT2D eigenvalue weighted by Gasteiger charge is 2.27. The van der Waals surface area contributed by atoms with Crippen LogP contribution in [0.5, 0.6) is 0 Å². The van der Waals surface area contributed by atoms with Gasteiger partial charge in [-0.15, -0.1) is 0 Å². The molecule has 0 aliphatic heterocycles. The molecular formula is C16H23N3. The molecule has 1 aliphatic rings. The van der Waals surface area contributed by atoms with Crippen LogP contribution in [0.2, 0.25) is 0 Å². The summed E-state index contributed by atoms with van der Waals surface area (Å²) in [5.74, 6) is 0.857. The number of nitrogens with zero attached hydrogens (tertiary/aromatic N) is 2. The van der Waals surface area contributed by atoms with E-state index in [4.69, 9.17) is 5.73 Å². The smallest absolute Gasteiger partial charge is 0.131 e. The molecule has 0 radical (unpaired) electrons. The molecule has 3 heteroatoms. The Labute approximate surface area is 116 Å². The molecule has 1 unspecified atom stereocenters. The van der Waals surface area contributed by atoms with Crippen molar-refractivity contribution in [1.82, 2.24) is 4.90 Å². The standard InChI is InChI=1S/C16H23N3/c1-19(12-14-6-5-7-14)11-10-16(18,13-17)15-8-3-2-4-9-15/h2-4,8-9,14H,5-7,10-12,18H2,1H3. The van der Waals surface area contributed by atoms with Crippen molar-refractivity contribution in [3.8, 4) is 6.07 Å². The number of benzene rings is 1. The van der Waals surface area contributed by atoms with Crippen LogP contribution in [0.15, 0.2) is 30.3 Å². The molecule has 19 heavy (non-hydrogen) atoms. The van der Waals surface area contributed by atoms with E-state index in [1.807, 2.05) is 30.3 Å². The second-order valence-corrected chi connectivity index (χ2v) is 5.76. The molecule has 0 saturated heterocycles. The summed E-state index contributed by atoms with van der Waals surface area (Å²) in [4.78, 5) is 2.31. The molecule has 1 fully saturated rings. The van der Waals surface area contributed by atoms with E-state index in [1.165, 1.54) is 19.3 Å². The first-order valence-electron chi connectivity index (χ1n) is 7.08. The zero-order chi connectivity index (χ0) is 13.7. The van der Waals surface area contributed by atoms with Gasteiger partial charge in [-0.25, -0.2) is 0 Å². The molecule has 0 amide bonds. The number of nitrogens with two attached hydrogens (primary N) is 1. The van der Waals surface area contributed by atoms with Crippen LogP contribution in [0.4, 0.5) is 0 Å². The van der Waals surface area contributed by atoms with Crippen molar-refractivity contribution in [3.05, 3.63) is 35.9 Å². The molecule has 0 bridgehead atoms. The molecule has 1 saturated carbocycles. The monoisotopic (exact) mass is 257 g/mol. The third kappa shape index (κ3) is 3.56. The lowest BCUT2D eigenvalue weighted by atomic mass is 9.84. The summed E-state index contributed by atoms with van der Waals surface area (Å²) in [5, 5.41) is 9.40. The topological polar surface area (TPSA) is 53.0 Å². The van der Waals surface area contributed by atoms with Crippen molar-refractivity contribution >= 4 is 0 Å². The van der Waals surface area contributed by atoms with E-state index >= 15 is 0 Å². The largest absolute Gasteiger partial charge is 0.310 e. The molecule has 1 aromatic carbocycles. The molecule has 1 atom stereocenters. The van der Waals surface area contributed by atoms with Crippen LogP contribution in [0, 0.1) is 17.2 Å². The lowest BCUT2D eigenvalue weighted by Crippen LogP contribution is -2.40. The minimum Gasteiger partial charge on any atom is -0.310 e. The Morgan fingerprint density at radius 2 is 2.05 bits per heavy atom. The Morgan fingerprint density at radius 1 is 1.37 bits per heavy atom. The molecular weight excluding hydrogens is 234 g/mol. The highest BCUT2D eigenvalue weighted by molar-refractivity contribution is 5.30. The molecule has 1 aromatic rings. The number of nitriles is 1. The summed E-state index contributed by atoms with van der Waals surface area (Å²) < 4.78 is 0. The quantitative estimate of drug-likeness (QED) is 0.852. The molecule has 0 aromatic heterocycles. The van der Waals surface area contributed by atoms with E-state index in [9.17, 15) is 5.26 Å². The summed E-state index contributed by atoms with van der Waals surface area (Å²) in [7, 11) is 2.13. The highest BCUT2D eigenvalue weighted by Crippen LogP contribution is 2.27. The fourth-order valence-corrected chi connectivity index (χ4v) is 2.57. The molecule has 1 aliphatic carbocycles. The molecule has 0 spiro atoms. The maximum absolute atomic E-state index is 9.40. The summed E-state index contributed by atoms with van der Waals surface area (Å²) in [5.41, 5.74) is 6.30. The Hall–Kier alpha value is -1.37. The average molecular weight is 257 g/mol. The summed E-state index contributed by atoms with van der Waals surface area (Å²) in [6, 6.07) is 12.0. The maximum atomic E-state index is 9.40. The normalized spacial score (nSPS) is 18.6. The Kier molecular flexibility index (Phi) is 4.57. The second kappa shape index (κ2) is 6.18. The lowest BCUT2D eigenvalue weighted by Gasteiger charge is -2.31. The molecule has 3 nitrogen and oxygen atoms in total. The van der Waals surface area contributed by atoms with Gasteiger partial charge in [0, 0.05) is 13.1 Å². The van der Waals surface area contributed by atoms with Crippen molar-refractivity contribution in [2.75, 3.05) is 20.1 Å². The fourth-order valence-electron chi connectivity index (χ4n) is 2.57. The Bertz CT molecular complexity index is 433. The van der Waals surface area contributed by atoms with Crippen molar-refractivity contribution < 1.29 is 0 Å². The van der Waals surface area contributed by atoms with Crippen molar-refractivity contribution in [3.63, 3.8) is 0 Å². The maximum Gasteiger partial charge on any atom is 0.131 e. The van der Waals surface area contributed by atoms with E-state index in [1.54, 1.807) is 0 Å². The van der Waals surface area contributed by atoms with Crippen LogP contribution in [-0.2, 0) is 5.54 Å². The van der Waals surface area contributed by atoms with E-state index in [0.717, 1.165) is 24.6 Å².